The Morgan fingerprint density at radius 1 is 1.30 bits per heavy atom. The Hall–Kier alpha value is -1.59. The molecule has 0 bridgehead atoms. The fraction of sp³-hybridized carbons (Fsp3) is 0.533. The summed E-state index contributed by atoms with van der Waals surface area (Å²) in [6.07, 6.45) is 1.96. The number of benzene rings is 1. The largest absolute Gasteiger partial charge is 0.376 e. The van der Waals surface area contributed by atoms with E-state index in [1.807, 2.05) is 12.1 Å². The molecule has 2 amide bonds. The minimum Gasteiger partial charge on any atom is -0.376 e. The summed E-state index contributed by atoms with van der Waals surface area (Å²) in [5.41, 5.74) is 2.57. The van der Waals surface area contributed by atoms with Crippen molar-refractivity contribution >= 4 is 6.03 Å². The predicted molar refractivity (Wildman–Crippen MR) is 74.6 cm³/mol. The van der Waals surface area contributed by atoms with Crippen LogP contribution in [0.1, 0.15) is 23.6 Å². The van der Waals surface area contributed by atoms with Gasteiger partial charge < -0.3 is 20.1 Å². The molecule has 2 atom stereocenters. The van der Waals surface area contributed by atoms with E-state index in [-0.39, 0.29) is 18.2 Å². The topological polar surface area (TPSA) is 59.6 Å². The number of fused-ring (bicyclic) bond motifs is 1. The number of urea groups is 1. The number of hydrogen-bond donors (Lipinski definition) is 2. The van der Waals surface area contributed by atoms with Gasteiger partial charge in [-0.1, -0.05) is 24.3 Å². The molecule has 0 unspecified atom stereocenters. The smallest absolute Gasteiger partial charge is 0.315 e. The molecule has 20 heavy (non-hydrogen) atoms. The van der Waals surface area contributed by atoms with Gasteiger partial charge in [-0.15, -0.1) is 0 Å². The zero-order chi connectivity index (χ0) is 13.8. The van der Waals surface area contributed by atoms with Gasteiger partial charge in [-0.3, -0.25) is 0 Å². The number of carbonyl (C=O) groups is 1. The molecule has 0 saturated carbocycles. The summed E-state index contributed by atoms with van der Waals surface area (Å²) in [4.78, 5) is 11.9. The number of carbonyl (C=O) groups excluding carboxylic acids is 1. The first-order chi connectivity index (χ1) is 9.83. The zero-order valence-corrected chi connectivity index (χ0v) is 11.4. The maximum Gasteiger partial charge on any atom is 0.315 e. The second-order valence-electron chi connectivity index (χ2n) is 5.21. The zero-order valence-electron chi connectivity index (χ0n) is 11.4. The van der Waals surface area contributed by atoms with Crippen molar-refractivity contribution in [3.8, 4) is 0 Å². The van der Waals surface area contributed by atoms with Crippen molar-refractivity contribution in [3.63, 3.8) is 0 Å². The van der Waals surface area contributed by atoms with Crippen LogP contribution in [0.2, 0.25) is 0 Å². The van der Waals surface area contributed by atoms with Gasteiger partial charge in [0.2, 0.25) is 0 Å². The van der Waals surface area contributed by atoms with E-state index in [0.717, 1.165) is 12.8 Å². The van der Waals surface area contributed by atoms with Gasteiger partial charge in [-0.2, -0.15) is 0 Å². The Bertz CT molecular complexity index is 472. The minimum absolute atomic E-state index is 0.0367. The van der Waals surface area contributed by atoms with Crippen molar-refractivity contribution in [2.75, 3.05) is 26.4 Å². The summed E-state index contributed by atoms with van der Waals surface area (Å²) in [6, 6.07) is 8.26. The van der Waals surface area contributed by atoms with Crippen LogP contribution in [0, 0.1) is 0 Å². The average Bonchev–Trinajstić information content (AvgIpc) is 2.90. The highest BCUT2D eigenvalue weighted by Gasteiger charge is 2.23. The van der Waals surface area contributed by atoms with Crippen LogP contribution in [0.15, 0.2) is 24.3 Å². The van der Waals surface area contributed by atoms with Crippen molar-refractivity contribution in [1.82, 2.24) is 10.6 Å². The van der Waals surface area contributed by atoms with Crippen molar-refractivity contribution in [1.29, 1.82) is 0 Å². The van der Waals surface area contributed by atoms with Crippen molar-refractivity contribution in [3.05, 3.63) is 35.4 Å². The van der Waals surface area contributed by atoms with Crippen LogP contribution in [0.5, 0.6) is 0 Å². The highest BCUT2D eigenvalue weighted by atomic mass is 16.6. The lowest BCUT2D eigenvalue weighted by Gasteiger charge is -2.23. The summed E-state index contributed by atoms with van der Waals surface area (Å²) in [5.74, 6) is 0. The molecule has 108 valence electrons. The molecule has 1 saturated heterocycles. The third kappa shape index (κ3) is 3.11. The van der Waals surface area contributed by atoms with Gasteiger partial charge in [0.05, 0.1) is 32.0 Å². The molecule has 1 heterocycles. The van der Waals surface area contributed by atoms with Crippen molar-refractivity contribution < 1.29 is 14.3 Å². The Kier molecular flexibility index (Phi) is 4.18. The molecule has 5 heteroatoms. The molecular weight excluding hydrogens is 256 g/mol. The second-order valence-corrected chi connectivity index (χ2v) is 5.21. The molecule has 3 rings (SSSR count). The Morgan fingerprint density at radius 3 is 3.05 bits per heavy atom. The molecule has 1 aliphatic carbocycles. The lowest BCUT2D eigenvalue weighted by molar-refractivity contribution is -0.0853. The van der Waals surface area contributed by atoms with E-state index in [9.17, 15) is 4.79 Å². The molecule has 0 spiro atoms. The number of ether oxygens (including phenoxy) is 2. The Labute approximate surface area is 118 Å². The lowest BCUT2D eigenvalue weighted by atomic mass is 10.1. The van der Waals surface area contributed by atoms with Gasteiger partial charge in [-0.25, -0.2) is 4.79 Å². The number of hydrogen-bond acceptors (Lipinski definition) is 3. The van der Waals surface area contributed by atoms with Crippen LogP contribution >= 0.6 is 0 Å². The summed E-state index contributed by atoms with van der Waals surface area (Å²) in [7, 11) is 0. The molecule has 2 N–H and O–H groups in total. The highest BCUT2D eigenvalue weighted by Crippen LogP contribution is 2.30. The van der Waals surface area contributed by atoms with E-state index >= 15 is 0 Å². The summed E-state index contributed by atoms with van der Waals surface area (Å²) in [6.45, 7) is 2.28. The van der Waals surface area contributed by atoms with Gasteiger partial charge in [0.1, 0.15) is 0 Å². The SMILES string of the molecule is O=C(NC[C@H]1COCCO1)N[C@H]1CCc2ccccc21. The first-order valence-electron chi connectivity index (χ1n) is 7.14. The summed E-state index contributed by atoms with van der Waals surface area (Å²) < 4.78 is 10.8. The van der Waals surface area contributed by atoms with Crippen LogP contribution in [-0.4, -0.2) is 38.5 Å². The first-order valence-corrected chi connectivity index (χ1v) is 7.14. The van der Waals surface area contributed by atoms with Gasteiger partial charge >= 0.3 is 6.03 Å². The number of amides is 2. The molecule has 1 aromatic carbocycles. The minimum atomic E-state index is -0.138. The fourth-order valence-corrected chi connectivity index (χ4v) is 2.78. The van der Waals surface area contributed by atoms with Gasteiger partial charge in [0.15, 0.2) is 0 Å². The molecule has 1 aliphatic heterocycles. The Morgan fingerprint density at radius 2 is 2.20 bits per heavy atom. The van der Waals surface area contributed by atoms with E-state index in [2.05, 4.69) is 22.8 Å². The molecule has 0 radical (unpaired) electrons. The fourth-order valence-electron chi connectivity index (χ4n) is 2.78. The van der Waals surface area contributed by atoms with Crippen LogP contribution in [0.25, 0.3) is 0 Å². The maximum absolute atomic E-state index is 11.9. The maximum atomic E-state index is 11.9. The average molecular weight is 276 g/mol. The van der Waals surface area contributed by atoms with E-state index in [0.29, 0.717) is 26.4 Å². The van der Waals surface area contributed by atoms with Gasteiger partial charge in [0, 0.05) is 6.54 Å². The molecular formula is C15H20N2O3. The van der Waals surface area contributed by atoms with E-state index in [1.165, 1.54) is 11.1 Å². The second kappa shape index (κ2) is 6.24. The third-order valence-electron chi connectivity index (χ3n) is 3.81. The number of rotatable bonds is 3. The molecule has 1 fully saturated rings. The first kappa shape index (κ1) is 13.4. The number of nitrogens with one attached hydrogen (secondary N) is 2. The predicted octanol–water partition coefficient (Wildman–Crippen LogP) is 1.39. The third-order valence-corrected chi connectivity index (χ3v) is 3.81. The molecule has 2 aliphatic rings. The van der Waals surface area contributed by atoms with Crippen LogP contribution in [0.4, 0.5) is 4.79 Å². The molecule has 0 aromatic heterocycles. The monoisotopic (exact) mass is 276 g/mol. The van der Waals surface area contributed by atoms with E-state index < -0.39 is 0 Å². The van der Waals surface area contributed by atoms with Gasteiger partial charge in [0.25, 0.3) is 0 Å². The van der Waals surface area contributed by atoms with E-state index in [4.69, 9.17) is 9.47 Å². The van der Waals surface area contributed by atoms with Crippen LogP contribution in [-0.2, 0) is 15.9 Å². The standard InChI is InChI=1S/C15H20N2O3/c18-15(16-9-12-10-19-7-8-20-12)17-14-6-5-11-3-1-2-4-13(11)14/h1-4,12,14H,5-10H2,(H2,16,17,18)/t12-,14-/m0/s1. The van der Waals surface area contributed by atoms with E-state index in [1.54, 1.807) is 0 Å². The van der Waals surface area contributed by atoms with Crippen LogP contribution < -0.4 is 10.6 Å². The quantitative estimate of drug-likeness (QED) is 0.877. The normalized spacial score (nSPS) is 25.0. The summed E-state index contributed by atoms with van der Waals surface area (Å²) >= 11 is 0. The Balaban J connectivity index is 1.47. The van der Waals surface area contributed by atoms with Crippen molar-refractivity contribution in [2.24, 2.45) is 0 Å². The lowest BCUT2D eigenvalue weighted by Crippen LogP contribution is -2.44. The van der Waals surface area contributed by atoms with Crippen molar-refractivity contribution in [2.45, 2.75) is 25.0 Å². The molecule has 5 nitrogen and oxygen atoms in total. The van der Waals surface area contributed by atoms with Gasteiger partial charge in [-0.05, 0) is 24.0 Å². The summed E-state index contributed by atoms with van der Waals surface area (Å²) in [5, 5.41) is 5.88. The number of aryl methyl sites for hydroxylation is 1. The molecule has 1 aromatic rings. The van der Waals surface area contributed by atoms with Crippen LogP contribution in [0.3, 0.4) is 0 Å². The highest BCUT2D eigenvalue weighted by molar-refractivity contribution is 5.74.